The van der Waals surface area contributed by atoms with Crippen LogP contribution in [0.25, 0.3) is 0 Å². The number of nitrogens with one attached hydrogen (secondary N) is 1. The van der Waals surface area contributed by atoms with Crippen molar-refractivity contribution in [3.8, 4) is 0 Å². The van der Waals surface area contributed by atoms with Crippen LogP contribution in [0.3, 0.4) is 0 Å². The zero-order chi connectivity index (χ0) is 17.7. The van der Waals surface area contributed by atoms with Gasteiger partial charge in [0.15, 0.2) is 0 Å². The lowest BCUT2D eigenvalue weighted by Crippen LogP contribution is -2.52. The number of carbonyl (C=O) groups is 2. The lowest BCUT2D eigenvalue weighted by Gasteiger charge is -2.35. The summed E-state index contributed by atoms with van der Waals surface area (Å²) in [4.78, 5) is 30.7. The van der Waals surface area contributed by atoms with Crippen molar-refractivity contribution in [2.45, 2.75) is 65.1 Å². The summed E-state index contributed by atoms with van der Waals surface area (Å²) in [6.07, 6.45) is 3.83. The Labute approximate surface area is 143 Å². The van der Waals surface area contributed by atoms with Crippen molar-refractivity contribution >= 4 is 12.0 Å². The fourth-order valence-electron chi connectivity index (χ4n) is 2.65. The van der Waals surface area contributed by atoms with Crippen molar-refractivity contribution in [2.75, 3.05) is 6.54 Å². The molecule has 6 heteroatoms. The van der Waals surface area contributed by atoms with Gasteiger partial charge in [-0.15, -0.1) is 0 Å². The van der Waals surface area contributed by atoms with Gasteiger partial charge in [-0.3, -0.25) is 14.7 Å². The molecule has 2 amide bonds. The van der Waals surface area contributed by atoms with Gasteiger partial charge in [-0.2, -0.15) is 0 Å². The number of aryl methyl sites for hydroxylation is 1. The van der Waals surface area contributed by atoms with Gasteiger partial charge < -0.3 is 10.1 Å². The van der Waals surface area contributed by atoms with Crippen LogP contribution in [0.1, 0.15) is 51.3 Å². The van der Waals surface area contributed by atoms with Crippen LogP contribution in [0.15, 0.2) is 18.3 Å². The molecule has 0 spiro atoms. The van der Waals surface area contributed by atoms with Crippen molar-refractivity contribution < 1.29 is 14.3 Å². The summed E-state index contributed by atoms with van der Waals surface area (Å²) in [5, 5.41) is 2.91. The Morgan fingerprint density at radius 3 is 2.71 bits per heavy atom. The van der Waals surface area contributed by atoms with Gasteiger partial charge in [0.05, 0.1) is 0 Å². The normalized spacial score (nSPS) is 18.2. The summed E-state index contributed by atoms with van der Waals surface area (Å²) in [5.74, 6) is -0.138. The maximum atomic E-state index is 12.5. The minimum atomic E-state index is -0.566. The average Bonchev–Trinajstić information content (AvgIpc) is 2.52. The molecule has 0 bridgehead atoms. The van der Waals surface area contributed by atoms with E-state index in [-0.39, 0.29) is 5.91 Å². The third-order valence-corrected chi connectivity index (χ3v) is 3.87. The first kappa shape index (κ1) is 18.2. The van der Waals surface area contributed by atoms with E-state index >= 15 is 0 Å². The molecular weight excluding hydrogens is 306 g/mol. The number of likely N-dealkylation sites (tertiary alicyclic amines) is 1. The van der Waals surface area contributed by atoms with Gasteiger partial charge in [-0.05, 0) is 58.6 Å². The van der Waals surface area contributed by atoms with Crippen molar-refractivity contribution in [1.82, 2.24) is 15.2 Å². The van der Waals surface area contributed by atoms with Gasteiger partial charge in [0.25, 0.3) is 0 Å². The lowest BCUT2D eigenvalue weighted by molar-refractivity contribution is -0.127. The molecule has 1 aliphatic rings. The molecule has 0 aromatic carbocycles. The molecule has 1 aromatic rings. The zero-order valence-electron chi connectivity index (χ0n) is 15.0. The molecule has 6 nitrogen and oxygen atoms in total. The lowest BCUT2D eigenvalue weighted by atomic mass is 10.0. The number of amides is 2. The van der Waals surface area contributed by atoms with E-state index in [0.717, 1.165) is 24.1 Å². The van der Waals surface area contributed by atoms with Crippen LogP contribution in [0.5, 0.6) is 0 Å². The topological polar surface area (TPSA) is 71.5 Å². The van der Waals surface area contributed by atoms with Crippen molar-refractivity contribution in [3.63, 3.8) is 0 Å². The third-order valence-electron chi connectivity index (χ3n) is 3.87. The summed E-state index contributed by atoms with van der Waals surface area (Å²) in [6, 6.07) is 3.39. The fourth-order valence-corrected chi connectivity index (χ4v) is 2.65. The predicted molar refractivity (Wildman–Crippen MR) is 91.4 cm³/mol. The first-order chi connectivity index (χ1) is 11.3. The quantitative estimate of drug-likeness (QED) is 0.923. The number of carbonyl (C=O) groups excluding carboxylic acids is 2. The summed E-state index contributed by atoms with van der Waals surface area (Å²) >= 11 is 0. The van der Waals surface area contributed by atoms with E-state index in [1.54, 1.807) is 11.1 Å². The molecule has 0 unspecified atom stereocenters. The second-order valence-electron chi connectivity index (χ2n) is 7.21. The van der Waals surface area contributed by atoms with Crippen LogP contribution in [0.4, 0.5) is 4.79 Å². The maximum absolute atomic E-state index is 12.5. The first-order valence-electron chi connectivity index (χ1n) is 8.45. The Balaban J connectivity index is 1.97. The summed E-state index contributed by atoms with van der Waals surface area (Å²) in [7, 11) is 0. The summed E-state index contributed by atoms with van der Waals surface area (Å²) in [5.41, 5.74) is 1.31. The van der Waals surface area contributed by atoms with E-state index in [4.69, 9.17) is 4.74 Å². The molecule has 2 heterocycles. The standard InChI is InChI=1S/C18H27N3O3/c1-13-8-9-14(11-19-13)12-20-16(22)15-7-5-6-10-21(15)17(23)24-18(2,3)4/h8-9,11,15H,5-7,10,12H2,1-4H3,(H,20,22)/t15-/m1/s1. The molecule has 1 aliphatic heterocycles. The fraction of sp³-hybridized carbons (Fsp3) is 0.611. The molecule has 1 aromatic heterocycles. The number of nitrogens with zero attached hydrogens (tertiary/aromatic N) is 2. The molecule has 1 saturated heterocycles. The van der Waals surface area contributed by atoms with Crippen molar-refractivity contribution in [1.29, 1.82) is 0 Å². The predicted octanol–water partition coefficient (Wildman–Crippen LogP) is 2.80. The molecule has 132 valence electrons. The molecule has 24 heavy (non-hydrogen) atoms. The van der Waals surface area contributed by atoms with Crippen LogP contribution in [-0.2, 0) is 16.1 Å². The van der Waals surface area contributed by atoms with Crippen LogP contribution in [-0.4, -0.2) is 40.1 Å². The van der Waals surface area contributed by atoms with E-state index in [9.17, 15) is 9.59 Å². The number of ether oxygens (including phenoxy) is 1. The van der Waals surface area contributed by atoms with Gasteiger partial charge in [-0.25, -0.2) is 4.79 Å². The molecule has 1 N–H and O–H groups in total. The maximum Gasteiger partial charge on any atom is 0.410 e. The summed E-state index contributed by atoms with van der Waals surface area (Å²) < 4.78 is 5.43. The van der Waals surface area contributed by atoms with Crippen LogP contribution in [0, 0.1) is 6.92 Å². The number of hydrogen-bond donors (Lipinski definition) is 1. The van der Waals surface area contributed by atoms with Crippen LogP contribution < -0.4 is 5.32 Å². The van der Waals surface area contributed by atoms with Crippen LogP contribution >= 0.6 is 0 Å². The number of rotatable bonds is 3. The summed E-state index contributed by atoms with van der Waals surface area (Å²) in [6.45, 7) is 8.36. The highest BCUT2D eigenvalue weighted by molar-refractivity contribution is 5.85. The zero-order valence-corrected chi connectivity index (χ0v) is 15.0. The van der Waals surface area contributed by atoms with Crippen molar-refractivity contribution in [3.05, 3.63) is 29.6 Å². The number of piperidine rings is 1. The Kier molecular flexibility index (Phi) is 5.80. The van der Waals surface area contributed by atoms with Gasteiger partial charge in [-0.1, -0.05) is 6.07 Å². The second-order valence-corrected chi connectivity index (χ2v) is 7.21. The molecule has 0 saturated carbocycles. The van der Waals surface area contributed by atoms with Gasteiger partial charge in [0.2, 0.25) is 5.91 Å². The van der Waals surface area contributed by atoms with Crippen molar-refractivity contribution in [2.24, 2.45) is 0 Å². The van der Waals surface area contributed by atoms with E-state index in [2.05, 4.69) is 10.3 Å². The number of aromatic nitrogens is 1. The highest BCUT2D eigenvalue weighted by Gasteiger charge is 2.34. The molecule has 0 radical (unpaired) electrons. The Morgan fingerprint density at radius 2 is 2.08 bits per heavy atom. The average molecular weight is 333 g/mol. The van der Waals surface area contributed by atoms with E-state index in [1.807, 2.05) is 39.8 Å². The molecule has 1 atom stereocenters. The minimum absolute atomic E-state index is 0.138. The smallest absolute Gasteiger partial charge is 0.410 e. The Bertz CT molecular complexity index is 578. The van der Waals surface area contributed by atoms with E-state index in [1.165, 1.54) is 0 Å². The molecule has 2 rings (SSSR count). The second kappa shape index (κ2) is 7.64. The molecular formula is C18H27N3O3. The minimum Gasteiger partial charge on any atom is -0.444 e. The van der Waals surface area contributed by atoms with Gasteiger partial charge in [0, 0.05) is 25.0 Å². The third kappa shape index (κ3) is 5.22. The van der Waals surface area contributed by atoms with Crippen LogP contribution in [0.2, 0.25) is 0 Å². The highest BCUT2D eigenvalue weighted by atomic mass is 16.6. The van der Waals surface area contributed by atoms with Gasteiger partial charge in [0.1, 0.15) is 11.6 Å². The van der Waals surface area contributed by atoms with Gasteiger partial charge >= 0.3 is 6.09 Å². The first-order valence-corrected chi connectivity index (χ1v) is 8.45. The number of hydrogen-bond acceptors (Lipinski definition) is 4. The van der Waals surface area contributed by atoms with E-state index < -0.39 is 17.7 Å². The SMILES string of the molecule is Cc1ccc(CNC(=O)[C@H]2CCCCN2C(=O)OC(C)(C)C)cn1. The van der Waals surface area contributed by atoms with E-state index in [0.29, 0.717) is 19.5 Å². The largest absolute Gasteiger partial charge is 0.444 e. The highest BCUT2D eigenvalue weighted by Crippen LogP contribution is 2.20. The molecule has 0 aliphatic carbocycles. The molecule has 1 fully saturated rings. The number of pyridine rings is 1. The Morgan fingerprint density at radius 1 is 1.33 bits per heavy atom. The Hall–Kier alpha value is -2.11. The monoisotopic (exact) mass is 333 g/mol.